The van der Waals surface area contributed by atoms with Crippen LogP contribution in [0.25, 0.3) is 0 Å². The highest BCUT2D eigenvalue weighted by Crippen LogP contribution is 2.27. The summed E-state index contributed by atoms with van der Waals surface area (Å²) in [6.07, 6.45) is 3.72. The SMILES string of the molecule is CCCCN=C(N)SC(=N)c1cc(C)c(OCCN2CCC(C(=O)OC(C)(C)C)CC2)c(C)c1.[HH]. The van der Waals surface area contributed by atoms with Crippen LogP contribution in [-0.4, -0.2) is 59.5 Å². The third kappa shape index (κ3) is 9.29. The lowest BCUT2D eigenvalue weighted by Gasteiger charge is -2.32. The van der Waals surface area contributed by atoms with Gasteiger partial charge in [-0.25, -0.2) is 0 Å². The summed E-state index contributed by atoms with van der Waals surface area (Å²) >= 11 is 1.20. The first-order valence-electron chi connectivity index (χ1n) is 12.3. The summed E-state index contributed by atoms with van der Waals surface area (Å²) in [5.74, 6) is 0.787. The molecule has 0 amide bonds. The molecule has 1 fully saturated rings. The van der Waals surface area contributed by atoms with Gasteiger partial charge in [0, 0.05) is 20.1 Å². The number of likely N-dealkylation sites (tertiary alicyclic amines) is 1. The zero-order valence-corrected chi connectivity index (χ0v) is 22.5. The molecule has 192 valence electrons. The predicted octanol–water partition coefficient (Wildman–Crippen LogP) is 5.16. The van der Waals surface area contributed by atoms with E-state index in [1.807, 2.05) is 46.8 Å². The van der Waals surface area contributed by atoms with E-state index in [-0.39, 0.29) is 13.3 Å². The molecule has 0 unspecified atom stereocenters. The molecule has 1 aromatic rings. The number of nitrogens with two attached hydrogens (primary N) is 1. The van der Waals surface area contributed by atoms with Crippen molar-refractivity contribution < 1.29 is 15.7 Å². The van der Waals surface area contributed by atoms with Crippen molar-refractivity contribution in [3.8, 4) is 5.75 Å². The van der Waals surface area contributed by atoms with Crippen molar-refractivity contribution in [2.24, 2.45) is 16.6 Å². The van der Waals surface area contributed by atoms with Crippen molar-refractivity contribution in [1.82, 2.24) is 4.90 Å². The molecule has 8 heteroatoms. The number of benzene rings is 1. The molecular formula is C26H44N4O3S. The van der Waals surface area contributed by atoms with E-state index in [1.165, 1.54) is 11.8 Å². The fraction of sp³-hybridized carbons (Fsp3) is 0.654. The van der Waals surface area contributed by atoms with Crippen LogP contribution in [0.15, 0.2) is 17.1 Å². The smallest absolute Gasteiger partial charge is 0.309 e. The summed E-state index contributed by atoms with van der Waals surface area (Å²) in [5, 5.41) is 9.22. The summed E-state index contributed by atoms with van der Waals surface area (Å²) in [4.78, 5) is 19.0. The summed E-state index contributed by atoms with van der Waals surface area (Å²) in [5.41, 5.74) is 8.37. The van der Waals surface area contributed by atoms with Crippen LogP contribution < -0.4 is 10.5 Å². The average Bonchev–Trinajstić information content (AvgIpc) is 2.74. The normalized spacial score (nSPS) is 15.9. The minimum atomic E-state index is -0.431. The number of ether oxygens (including phenoxy) is 2. The van der Waals surface area contributed by atoms with Crippen molar-refractivity contribution in [3.63, 3.8) is 0 Å². The Morgan fingerprint density at radius 3 is 2.44 bits per heavy atom. The van der Waals surface area contributed by atoms with E-state index in [9.17, 15) is 4.79 Å². The molecule has 1 heterocycles. The molecule has 0 atom stereocenters. The highest BCUT2D eigenvalue weighted by molar-refractivity contribution is 8.26. The van der Waals surface area contributed by atoms with Gasteiger partial charge in [0.05, 0.1) is 5.92 Å². The Morgan fingerprint density at radius 2 is 1.88 bits per heavy atom. The molecule has 3 N–H and O–H groups in total. The van der Waals surface area contributed by atoms with Crippen LogP contribution in [0, 0.1) is 25.2 Å². The molecule has 34 heavy (non-hydrogen) atoms. The molecule has 0 radical (unpaired) electrons. The van der Waals surface area contributed by atoms with Gasteiger partial charge < -0.3 is 15.2 Å². The Bertz CT molecular complexity index is 855. The first kappa shape index (κ1) is 28.2. The van der Waals surface area contributed by atoms with Gasteiger partial charge in [-0.15, -0.1) is 0 Å². The van der Waals surface area contributed by atoms with Gasteiger partial charge in [-0.3, -0.25) is 20.1 Å². The molecule has 0 aliphatic carbocycles. The highest BCUT2D eigenvalue weighted by Gasteiger charge is 2.29. The van der Waals surface area contributed by atoms with Gasteiger partial charge in [0.25, 0.3) is 0 Å². The van der Waals surface area contributed by atoms with Crippen LogP contribution in [-0.2, 0) is 9.53 Å². The van der Waals surface area contributed by atoms with Crippen molar-refractivity contribution >= 4 is 27.9 Å². The standard InChI is InChI=1S/C26H42N4O3S.H2/c1-7-8-11-29-25(28)34-23(27)21-16-18(2)22(19(3)17-21)32-15-14-30-12-9-20(10-13-30)24(31)33-26(4,5)6;/h16-17,20,27H,7-15H2,1-6H3,(H2,28,29);1H. The van der Waals surface area contributed by atoms with Crippen molar-refractivity contribution in [1.29, 1.82) is 5.41 Å². The number of rotatable bonds is 9. The van der Waals surface area contributed by atoms with E-state index in [4.69, 9.17) is 20.6 Å². The van der Waals surface area contributed by atoms with Crippen molar-refractivity contribution in [3.05, 3.63) is 28.8 Å². The van der Waals surface area contributed by atoms with Crippen LogP contribution in [0.3, 0.4) is 0 Å². The van der Waals surface area contributed by atoms with Crippen LogP contribution in [0.2, 0.25) is 0 Å². The fourth-order valence-electron chi connectivity index (χ4n) is 3.91. The van der Waals surface area contributed by atoms with Gasteiger partial charge in [0.2, 0.25) is 0 Å². The largest absolute Gasteiger partial charge is 0.492 e. The molecule has 1 aliphatic heterocycles. The first-order chi connectivity index (χ1) is 16.0. The number of nitrogens with zero attached hydrogens (tertiary/aromatic N) is 2. The molecule has 1 aromatic carbocycles. The number of carbonyl (C=O) groups is 1. The third-order valence-electron chi connectivity index (χ3n) is 5.69. The minimum Gasteiger partial charge on any atom is -0.492 e. The third-order valence-corrected chi connectivity index (χ3v) is 6.47. The van der Waals surface area contributed by atoms with E-state index in [0.717, 1.165) is 67.8 Å². The number of esters is 1. The fourth-order valence-corrected chi connectivity index (χ4v) is 4.51. The predicted molar refractivity (Wildman–Crippen MR) is 144 cm³/mol. The van der Waals surface area contributed by atoms with Gasteiger partial charge >= 0.3 is 5.97 Å². The Kier molecular flexibility index (Phi) is 10.9. The maximum absolute atomic E-state index is 12.3. The number of hydrogen-bond donors (Lipinski definition) is 2. The lowest BCUT2D eigenvalue weighted by molar-refractivity contribution is -0.161. The van der Waals surface area contributed by atoms with E-state index >= 15 is 0 Å². The average molecular weight is 493 g/mol. The van der Waals surface area contributed by atoms with E-state index < -0.39 is 5.60 Å². The number of hydrogen-bond acceptors (Lipinski definition) is 7. The van der Waals surface area contributed by atoms with Crippen LogP contribution in [0.1, 0.15) is 71.5 Å². The molecule has 1 saturated heterocycles. The molecular weight excluding hydrogens is 448 g/mol. The minimum absolute atomic E-state index is 0. The zero-order valence-electron chi connectivity index (χ0n) is 21.7. The lowest BCUT2D eigenvalue weighted by atomic mass is 9.96. The number of aryl methyl sites for hydroxylation is 2. The second-order valence-corrected chi connectivity index (χ2v) is 11.0. The quantitative estimate of drug-likeness (QED) is 0.214. The zero-order chi connectivity index (χ0) is 25.3. The first-order valence-corrected chi connectivity index (χ1v) is 13.1. The second kappa shape index (κ2) is 13.1. The molecule has 0 spiro atoms. The van der Waals surface area contributed by atoms with Gasteiger partial charge in [0.15, 0.2) is 5.17 Å². The molecule has 1 aliphatic rings. The summed E-state index contributed by atoms with van der Waals surface area (Å²) < 4.78 is 11.7. The number of amidine groups is 1. The Hall–Kier alpha value is -2.06. The maximum Gasteiger partial charge on any atom is 0.309 e. The van der Waals surface area contributed by atoms with Crippen LogP contribution >= 0.6 is 11.8 Å². The number of unbranched alkanes of at least 4 members (excludes halogenated alkanes) is 1. The molecule has 2 rings (SSSR count). The second-order valence-electron chi connectivity index (χ2n) is 9.94. The Labute approximate surface area is 210 Å². The van der Waals surface area contributed by atoms with Crippen LogP contribution in [0.4, 0.5) is 0 Å². The Morgan fingerprint density at radius 1 is 1.26 bits per heavy atom. The maximum atomic E-state index is 12.3. The van der Waals surface area contributed by atoms with Crippen LogP contribution in [0.5, 0.6) is 5.75 Å². The van der Waals surface area contributed by atoms with Gasteiger partial charge in [0.1, 0.15) is 23.0 Å². The molecule has 0 aromatic heterocycles. The van der Waals surface area contributed by atoms with Gasteiger partial charge in [-0.1, -0.05) is 13.3 Å². The molecule has 0 bridgehead atoms. The highest BCUT2D eigenvalue weighted by atomic mass is 32.2. The van der Waals surface area contributed by atoms with Gasteiger partial charge in [-0.05, 0) is 102 Å². The summed E-state index contributed by atoms with van der Waals surface area (Å²) in [7, 11) is 0. The lowest BCUT2D eigenvalue weighted by Crippen LogP contribution is -2.40. The van der Waals surface area contributed by atoms with Gasteiger partial charge in [-0.2, -0.15) is 0 Å². The molecule has 7 nitrogen and oxygen atoms in total. The topological polar surface area (TPSA) is 101 Å². The van der Waals surface area contributed by atoms with Crippen molar-refractivity contribution in [2.45, 2.75) is 72.8 Å². The van der Waals surface area contributed by atoms with E-state index in [1.54, 1.807) is 0 Å². The number of aliphatic imine (C=N–C) groups is 1. The number of thioether (sulfide) groups is 1. The number of carbonyl (C=O) groups excluding carboxylic acids is 1. The monoisotopic (exact) mass is 492 g/mol. The van der Waals surface area contributed by atoms with E-state index in [0.29, 0.717) is 23.4 Å². The molecule has 0 saturated carbocycles. The Balaban J connectivity index is 0.00000612. The summed E-state index contributed by atoms with van der Waals surface area (Å²) in [6, 6.07) is 3.95. The summed E-state index contributed by atoms with van der Waals surface area (Å²) in [6.45, 7) is 15.7. The van der Waals surface area contributed by atoms with E-state index in [2.05, 4.69) is 16.8 Å². The van der Waals surface area contributed by atoms with Crippen molar-refractivity contribution in [2.75, 3.05) is 32.8 Å². The number of piperidine rings is 1. The number of nitrogens with one attached hydrogen (secondary N) is 1.